The van der Waals surface area contributed by atoms with Crippen LogP contribution in [0.2, 0.25) is 0 Å². The summed E-state index contributed by atoms with van der Waals surface area (Å²) in [6.45, 7) is 0. The summed E-state index contributed by atoms with van der Waals surface area (Å²) in [6.07, 6.45) is 0. The Kier molecular flexibility index (Phi) is 8.19. The highest BCUT2D eigenvalue weighted by Crippen LogP contribution is 2.44. The monoisotopic (exact) mass is 736 g/mol. The van der Waals surface area contributed by atoms with Gasteiger partial charge in [0.05, 0.1) is 11.4 Å². The molecule has 1 aromatic heterocycles. The third-order valence-corrected chi connectivity index (χ3v) is 11.5. The predicted molar refractivity (Wildman–Crippen MR) is 245 cm³/mol. The van der Waals surface area contributed by atoms with Crippen molar-refractivity contribution in [1.29, 1.82) is 0 Å². The van der Waals surface area contributed by atoms with Gasteiger partial charge in [-0.1, -0.05) is 206 Å². The lowest BCUT2D eigenvalue weighted by Gasteiger charge is -2.17. The first-order valence-electron chi connectivity index (χ1n) is 19.8. The molecule has 0 N–H and O–H groups in total. The number of benzene rings is 10. The van der Waals surface area contributed by atoms with Crippen LogP contribution in [0, 0.1) is 0 Å². The number of aromatic nitrogens is 2. The minimum Gasteiger partial charge on any atom is -0.228 e. The van der Waals surface area contributed by atoms with Crippen LogP contribution in [0.25, 0.3) is 110 Å². The molecule has 0 atom stereocenters. The highest BCUT2D eigenvalue weighted by Gasteiger charge is 2.17. The highest BCUT2D eigenvalue weighted by molar-refractivity contribution is 6.23. The molecule has 11 rings (SSSR count). The van der Waals surface area contributed by atoms with E-state index in [0.29, 0.717) is 5.82 Å². The average molecular weight is 737 g/mol. The second-order valence-corrected chi connectivity index (χ2v) is 14.9. The molecule has 0 unspecified atom stereocenters. The Morgan fingerprint density at radius 1 is 0.241 bits per heavy atom. The van der Waals surface area contributed by atoms with Crippen molar-refractivity contribution in [2.75, 3.05) is 0 Å². The summed E-state index contributed by atoms with van der Waals surface area (Å²) < 4.78 is 0. The van der Waals surface area contributed by atoms with Gasteiger partial charge in [-0.2, -0.15) is 0 Å². The van der Waals surface area contributed by atoms with Crippen LogP contribution < -0.4 is 0 Å². The Bertz CT molecular complexity index is 3300. The first-order valence-corrected chi connectivity index (χ1v) is 19.8. The van der Waals surface area contributed by atoms with Gasteiger partial charge in [0, 0.05) is 16.7 Å². The predicted octanol–water partition coefficient (Wildman–Crippen LogP) is 15.1. The minimum atomic E-state index is 0.700. The van der Waals surface area contributed by atoms with Gasteiger partial charge in [0.25, 0.3) is 0 Å². The van der Waals surface area contributed by atoms with Gasteiger partial charge in [-0.3, -0.25) is 0 Å². The van der Waals surface area contributed by atoms with Crippen LogP contribution >= 0.6 is 0 Å². The van der Waals surface area contributed by atoms with Gasteiger partial charge in [-0.25, -0.2) is 9.97 Å². The molecule has 58 heavy (non-hydrogen) atoms. The molecule has 2 heteroatoms. The Balaban J connectivity index is 1.01. The van der Waals surface area contributed by atoms with Gasteiger partial charge in [-0.15, -0.1) is 0 Å². The molecule has 270 valence electrons. The molecule has 0 radical (unpaired) electrons. The quantitative estimate of drug-likeness (QED) is 0.125. The standard InChI is InChI=1S/C56H36N2/c1-3-13-37(14-4-1)38-23-27-42(28-24-38)54-36-53(41-16-5-2-6-17-41)57-56(58-54)43-29-25-40(26-30-43)46-33-34-50(49-22-12-11-21-48(46)49)55-47-20-10-8-18-44(47)35-52-45-19-9-7-15-39(45)31-32-51(52)55/h1-36H. The van der Waals surface area contributed by atoms with Crippen molar-refractivity contribution >= 4 is 43.1 Å². The lowest BCUT2D eigenvalue weighted by Crippen LogP contribution is -1.96. The van der Waals surface area contributed by atoms with Crippen LogP contribution in [0.4, 0.5) is 0 Å². The fraction of sp³-hybridized carbons (Fsp3) is 0. The normalized spacial score (nSPS) is 11.4. The van der Waals surface area contributed by atoms with E-state index in [-0.39, 0.29) is 0 Å². The maximum atomic E-state index is 5.16. The van der Waals surface area contributed by atoms with Crippen LogP contribution in [0.1, 0.15) is 0 Å². The molecule has 0 aliphatic heterocycles. The van der Waals surface area contributed by atoms with E-state index in [1.807, 2.05) is 12.1 Å². The van der Waals surface area contributed by atoms with E-state index >= 15 is 0 Å². The lowest BCUT2D eigenvalue weighted by molar-refractivity contribution is 1.18. The van der Waals surface area contributed by atoms with Gasteiger partial charge in [0.1, 0.15) is 0 Å². The minimum absolute atomic E-state index is 0.700. The summed E-state index contributed by atoms with van der Waals surface area (Å²) in [6, 6.07) is 78.2. The number of fused-ring (bicyclic) bond motifs is 5. The van der Waals surface area contributed by atoms with Gasteiger partial charge in [0.2, 0.25) is 0 Å². The second-order valence-electron chi connectivity index (χ2n) is 14.9. The number of nitrogens with zero attached hydrogens (tertiary/aromatic N) is 2. The van der Waals surface area contributed by atoms with Crippen molar-refractivity contribution in [3.63, 3.8) is 0 Å². The number of hydrogen-bond acceptors (Lipinski definition) is 2. The summed E-state index contributed by atoms with van der Waals surface area (Å²) in [5.74, 6) is 0.700. The summed E-state index contributed by atoms with van der Waals surface area (Å²) in [5.41, 5.74) is 12.1. The van der Waals surface area contributed by atoms with E-state index in [2.05, 4.69) is 206 Å². The zero-order chi connectivity index (χ0) is 38.4. The Labute approximate surface area is 337 Å². The van der Waals surface area contributed by atoms with Crippen LogP contribution in [-0.2, 0) is 0 Å². The third-order valence-electron chi connectivity index (χ3n) is 11.5. The topological polar surface area (TPSA) is 25.8 Å². The largest absolute Gasteiger partial charge is 0.228 e. The van der Waals surface area contributed by atoms with Crippen LogP contribution in [0.3, 0.4) is 0 Å². The zero-order valence-electron chi connectivity index (χ0n) is 31.7. The molecule has 0 aliphatic carbocycles. The molecule has 0 saturated carbocycles. The molecule has 0 bridgehead atoms. The Morgan fingerprint density at radius 3 is 1.43 bits per heavy atom. The Morgan fingerprint density at radius 2 is 0.724 bits per heavy atom. The van der Waals surface area contributed by atoms with Crippen LogP contribution in [0.15, 0.2) is 218 Å². The maximum Gasteiger partial charge on any atom is 0.160 e. The van der Waals surface area contributed by atoms with Crippen molar-refractivity contribution in [2.45, 2.75) is 0 Å². The molecule has 11 aromatic rings. The first kappa shape index (κ1) is 33.6. The third kappa shape index (κ3) is 5.91. The zero-order valence-corrected chi connectivity index (χ0v) is 31.7. The molecule has 1 heterocycles. The lowest BCUT2D eigenvalue weighted by atomic mass is 9.86. The van der Waals surface area contributed by atoms with Crippen molar-refractivity contribution in [1.82, 2.24) is 9.97 Å². The van der Waals surface area contributed by atoms with E-state index in [1.165, 1.54) is 70.9 Å². The molecule has 0 fully saturated rings. The number of hydrogen-bond donors (Lipinski definition) is 0. The van der Waals surface area contributed by atoms with Crippen LogP contribution in [-0.4, -0.2) is 9.97 Å². The van der Waals surface area contributed by atoms with E-state index < -0.39 is 0 Å². The smallest absolute Gasteiger partial charge is 0.160 e. The molecular weight excluding hydrogens is 701 g/mol. The second kappa shape index (κ2) is 14.1. The van der Waals surface area contributed by atoms with E-state index in [1.54, 1.807) is 0 Å². The molecule has 0 amide bonds. The van der Waals surface area contributed by atoms with Crippen molar-refractivity contribution in [3.05, 3.63) is 218 Å². The average Bonchev–Trinajstić information content (AvgIpc) is 3.31. The molecule has 2 nitrogen and oxygen atoms in total. The van der Waals surface area contributed by atoms with Gasteiger partial charge < -0.3 is 0 Å². The highest BCUT2D eigenvalue weighted by atomic mass is 14.9. The molecule has 0 saturated heterocycles. The molecular formula is C56H36N2. The van der Waals surface area contributed by atoms with Crippen LogP contribution in [0.5, 0.6) is 0 Å². The summed E-state index contributed by atoms with van der Waals surface area (Å²) in [7, 11) is 0. The Hall–Kier alpha value is -7.68. The first-order chi connectivity index (χ1) is 28.7. The molecule has 10 aromatic carbocycles. The number of rotatable bonds is 6. The fourth-order valence-electron chi connectivity index (χ4n) is 8.62. The van der Waals surface area contributed by atoms with E-state index in [9.17, 15) is 0 Å². The molecule has 0 aliphatic rings. The van der Waals surface area contributed by atoms with E-state index in [0.717, 1.165) is 33.6 Å². The van der Waals surface area contributed by atoms with E-state index in [4.69, 9.17) is 9.97 Å². The van der Waals surface area contributed by atoms with Crippen molar-refractivity contribution in [2.24, 2.45) is 0 Å². The fourth-order valence-corrected chi connectivity index (χ4v) is 8.62. The van der Waals surface area contributed by atoms with Gasteiger partial charge in [-0.05, 0) is 88.6 Å². The van der Waals surface area contributed by atoms with Gasteiger partial charge >= 0.3 is 0 Å². The maximum absolute atomic E-state index is 5.16. The van der Waals surface area contributed by atoms with Gasteiger partial charge in [0.15, 0.2) is 5.82 Å². The summed E-state index contributed by atoms with van der Waals surface area (Å²) in [5, 5.41) is 10.0. The van der Waals surface area contributed by atoms with Crippen molar-refractivity contribution < 1.29 is 0 Å². The summed E-state index contributed by atoms with van der Waals surface area (Å²) >= 11 is 0. The SMILES string of the molecule is c1ccc(-c2ccc(-c3cc(-c4ccccc4)nc(-c4ccc(-c5ccc(-c6c7ccccc7cc7c6ccc6ccccc67)c6ccccc56)cc4)n3)cc2)cc1. The summed E-state index contributed by atoms with van der Waals surface area (Å²) in [4.78, 5) is 10.3. The molecule has 0 spiro atoms. The van der Waals surface area contributed by atoms with Crippen molar-refractivity contribution in [3.8, 4) is 67.3 Å².